The summed E-state index contributed by atoms with van der Waals surface area (Å²) >= 11 is 7.40. The molecule has 0 atom stereocenters. The number of thiophene rings is 4. The van der Waals surface area contributed by atoms with Gasteiger partial charge < -0.3 is 0 Å². The van der Waals surface area contributed by atoms with Crippen molar-refractivity contribution >= 4 is 56.5 Å². The third kappa shape index (κ3) is 3.07. The van der Waals surface area contributed by atoms with Gasteiger partial charge in [0.15, 0.2) is 0 Å². The normalized spacial score (nSPS) is 12.4. The fourth-order valence-corrected chi connectivity index (χ4v) is 6.29. The van der Waals surface area contributed by atoms with E-state index in [0.29, 0.717) is 0 Å². The summed E-state index contributed by atoms with van der Waals surface area (Å²) in [6, 6.07) is 17.7. The number of hydrogen-bond donors (Lipinski definition) is 0. The topological polar surface area (TPSA) is 0 Å². The lowest BCUT2D eigenvalue weighted by Crippen LogP contribution is -1.90. The van der Waals surface area contributed by atoms with E-state index >= 15 is 0 Å². The second-order valence-corrected chi connectivity index (χ2v) is 10.00. The molecule has 0 fully saturated rings. The van der Waals surface area contributed by atoms with Crippen molar-refractivity contribution in [3.63, 3.8) is 0 Å². The molecule has 0 aliphatic carbocycles. The number of aryl methyl sites for hydroxylation is 2. The average molecular weight is 385 g/mol. The van der Waals surface area contributed by atoms with Crippen molar-refractivity contribution < 1.29 is 0 Å². The van der Waals surface area contributed by atoms with Crippen LogP contribution in [0.2, 0.25) is 0 Å². The zero-order chi connectivity index (χ0) is 16.5. The van der Waals surface area contributed by atoms with E-state index in [1.54, 1.807) is 0 Å². The Morgan fingerprint density at radius 2 is 1.04 bits per heavy atom. The minimum Gasteiger partial charge on any atom is -0.144 e. The standard InChI is InChI=1S/C20H16S4/c1-13-7-9-17(23-13)19(15-5-3-11-21-15)20(16-6-4-12-22-16)18-10-8-14(2)24-18/h3-12H,1-2H3/b20-19-. The third-order valence-electron chi connectivity index (χ3n) is 3.76. The Labute approximate surface area is 158 Å². The summed E-state index contributed by atoms with van der Waals surface area (Å²) in [7, 11) is 0. The van der Waals surface area contributed by atoms with Crippen molar-refractivity contribution in [3.05, 3.63) is 88.6 Å². The van der Waals surface area contributed by atoms with Crippen molar-refractivity contribution in [3.8, 4) is 0 Å². The van der Waals surface area contributed by atoms with Crippen LogP contribution in [0.15, 0.2) is 59.3 Å². The third-order valence-corrected chi connectivity index (χ3v) is 7.57. The molecule has 0 aliphatic heterocycles. The molecular formula is C20H16S4. The molecule has 0 amide bonds. The second-order valence-electron chi connectivity index (χ2n) is 5.53. The van der Waals surface area contributed by atoms with E-state index in [9.17, 15) is 0 Å². The first-order chi connectivity index (χ1) is 11.7. The lowest BCUT2D eigenvalue weighted by Gasteiger charge is -2.11. The van der Waals surface area contributed by atoms with Crippen LogP contribution in [0.1, 0.15) is 29.3 Å². The van der Waals surface area contributed by atoms with Crippen LogP contribution in [0.5, 0.6) is 0 Å². The highest BCUT2D eigenvalue weighted by Gasteiger charge is 2.19. The van der Waals surface area contributed by atoms with E-state index in [0.717, 1.165) is 0 Å². The smallest absolute Gasteiger partial charge is 0.0366 e. The monoisotopic (exact) mass is 384 g/mol. The van der Waals surface area contributed by atoms with Crippen LogP contribution in [-0.2, 0) is 0 Å². The molecule has 0 radical (unpaired) electrons. The highest BCUT2D eigenvalue weighted by Crippen LogP contribution is 2.43. The van der Waals surface area contributed by atoms with Crippen molar-refractivity contribution in [2.75, 3.05) is 0 Å². The molecule has 4 aromatic heterocycles. The predicted molar refractivity (Wildman–Crippen MR) is 112 cm³/mol. The van der Waals surface area contributed by atoms with E-state index in [1.807, 2.05) is 45.3 Å². The molecule has 0 bridgehead atoms. The molecule has 0 unspecified atom stereocenters. The van der Waals surface area contributed by atoms with Crippen LogP contribution < -0.4 is 0 Å². The Balaban J connectivity index is 2.06. The van der Waals surface area contributed by atoms with Crippen LogP contribution in [0.3, 0.4) is 0 Å². The predicted octanol–water partition coefficient (Wildman–Crippen LogP) is 7.56. The van der Waals surface area contributed by atoms with Gasteiger partial charge in [-0.05, 0) is 61.0 Å². The molecule has 4 heteroatoms. The molecule has 4 heterocycles. The van der Waals surface area contributed by atoms with Crippen molar-refractivity contribution in [2.24, 2.45) is 0 Å². The molecule has 0 saturated heterocycles. The van der Waals surface area contributed by atoms with Crippen LogP contribution >= 0.6 is 45.3 Å². The Morgan fingerprint density at radius 1 is 0.583 bits per heavy atom. The van der Waals surface area contributed by atoms with Gasteiger partial charge in [0.05, 0.1) is 0 Å². The summed E-state index contributed by atoms with van der Waals surface area (Å²) in [6.45, 7) is 4.36. The maximum atomic E-state index is 2.27. The lowest BCUT2D eigenvalue weighted by atomic mass is 10.0. The van der Waals surface area contributed by atoms with Crippen molar-refractivity contribution in [2.45, 2.75) is 13.8 Å². The molecule has 0 spiro atoms. The van der Waals surface area contributed by atoms with Crippen LogP contribution in [0, 0.1) is 13.8 Å². The molecule has 0 aliphatic rings. The van der Waals surface area contributed by atoms with Gasteiger partial charge in [-0.25, -0.2) is 0 Å². The van der Waals surface area contributed by atoms with Gasteiger partial charge in [0.2, 0.25) is 0 Å². The van der Waals surface area contributed by atoms with E-state index < -0.39 is 0 Å². The average Bonchev–Trinajstić information content (AvgIpc) is 3.34. The van der Waals surface area contributed by atoms with E-state index in [2.05, 4.69) is 73.1 Å². The summed E-state index contributed by atoms with van der Waals surface area (Å²) < 4.78 is 0. The molecular weight excluding hydrogens is 368 g/mol. The molecule has 0 N–H and O–H groups in total. The van der Waals surface area contributed by atoms with Crippen molar-refractivity contribution in [1.29, 1.82) is 0 Å². The second kappa shape index (κ2) is 6.81. The van der Waals surface area contributed by atoms with E-state index in [1.165, 1.54) is 40.4 Å². The van der Waals surface area contributed by atoms with Gasteiger partial charge in [-0.2, -0.15) is 0 Å². The zero-order valence-electron chi connectivity index (χ0n) is 13.4. The maximum absolute atomic E-state index is 2.27. The highest BCUT2D eigenvalue weighted by molar-refractivity contribution is 7.17. The SMILES string of the molecule is Cc1ccc(/C(=C(/c2cccs2)c2ccc(C)s2)c2cccs2)s1. The van der Waals surface area contributed by atoms with Crippen LogP contribution in [-0.4, -0.2) is 0 Å². The summed E-state index contributed by atoms with van der Waals surface area (Å²) in [4.78, 5) is 8.09. The first-order valence-electron chi connectivity index (χ1n) is 7.68. The Bertz CT molecular complexity index is 882. The van der Waals surface area contributed by atoms with Crippen molar-refractivity contribution in [1.82, 2.24) is 0 Å². The lowest BCUT2D eigenvalue weighted by molar-refractivity contribution is 1.64. The van der Waals surface area contributed by atoms with Gasteiger partial charge in [-0.15, -0.1) is 45.3 Å². The maximum Gasteiger partial charge on any atom is 0.0366 e. The molecule has 24 heavy (non-hydrogen) atoms. The highest BCUT2D eigenvalue weighted by atomic mass is 32.1. The van der Waals surface area contributed by atoms with Gasteiger partial charge >= 0.3 is 0 Å². The number of hydrogen-bond acceptors (Lipinski definition) is 4. The fraction of sp³-hybridized carbons (Fsp3) is 0.100. The van der Waals surface area contributed by atoms with Gasteiger partial charge in [-0.1, -0.05) is 12.1 Å². The van der Waals surface area contributed by atoms with Gasteiger partial charge in [0, 0.05) is 40.4 Å². The molecule has 0 aromatic carbocycles. The minimum atomic E-state index is 1.34. The summed E-state index contributed by atoms with van der Waals surface area (Å²) in [5.41, 5.74) is 2.74. The Morgan fingerprint density at radius 3 is 1.33 bits per heavy atom. The van der Waals surface area contributed by atoms with Crippen LogP contribution in [0.25, 0.3) is 11.1 Å². The fourth-order valence-electron chi connectivity index (χ4n) is 2.72. The Hall–Kier alpha value is -1.46. The Kier molecular flexibility index (Phi) is 4.55. The summed E-state index contributed by atoms with van der Waals surface area (Å²) in [5, 5.41) is 4.34. The van der Waals surface area contributed by atoms with Crippen LogP contribution in [0.4, 0.5) is 0 Å². The first-order valence-corrected chi connectivity index (χ1v) is 11.1. The quantitative estimate of drug-likeness (QED) is 0.340. The summed E-state index contributed by atoms with van der Waals surface area (Å²) in [5.74, 6) is 0. The first kappa shape index (κ1) is 16.0. The molecule has 4 rings (SSSR count). The minimum absolute atomic E-state index is 1.34. The van der Waals surface area contributed by atoms with E-state index in [-0.39, 0.29) is 0 Å². The molecule has 0 saturated carbocycles. The van der Waals surface area contributed by atoms with Gasteiger partial charge in [0.1, 0.15) is 0 Å². The molecule has 0 nitrogen and oxygen atoms in total. The largest absolute Gasteiger partial charge is 0.144 e. The molecule has 120 valence electrons. The molecule has 4 aromatic rings. The van der Waals surface area contributed by atoms with Gasteiger partial charge in [0.25, 0.3) is 0 Å². The number of rotatable bonds is 4. The van der Waals surface area contributed by atoms with Gasteiger partial charge in [-0.3, -0.25) is 0 Å². The zero-order valence-corrected chi connectivity index (χ0v) is 16.7. The van der Waals surface area contributed by atoms with E-state index in [4.69, 9.17) is 0 Å². The summed E-state index contributed by atoms with van der Waals surface area (Å²) in [6.07, 6.45) is 0.